The van der Waals surface area contributed by atoms with E-state index in [1.165, 1.54) is 66.2 Å². The molecule has 0 fully saturated rings. The standard InChI is InChI=1S/C41H39P3.C18H15P.BF4.Cu/c1-41(32-42(35-20-8-2-9-21-35)36-22-10-3-11-23-36,33-43(37-24-12-4-13-25-37)38-26-14-5-15-27-38)34-44(39-28-16-6-17-29-39)40-30-18-7-19-31-40;1-4-10-16(11-5-1)19(17-12-6-2-7-13-17)18-14-8-3-9-15-18;2-1(3,4)5;/h2-31H,32-34H2,1H3;1-15H;;/q;;-1;+1/p+4. The molecule has 352 valence electrons. The van der Waals surface area contributed by atoms with Crippen molar-refractivity contribution in [1.29, 1.82) is 0 Å². The van der Waals surface area contributed by atoms with Gasteiger partial charge in [-0.05, 0) is 116 Å². The molecule has 10 heteroatoms. The zero-order chi connectivity index (χ0) is 47.4. The SMILES string of the molecule is CC(C[PH+](c1ccccc1)c1ccccc1)(C[PH+](c1ccccc1)c1ccccc1)C[PH+](c1ccccc1)c1ccccc1.F[B-](F)(F)F.[Cu+].c1ccc([PH+](c2ccccc2)c2ccccc2)cc1. The van der Waals surface area contributed by atoms with Crippen molar-refractivity contribution in [2.75, 3.05) is 18.5 Å². The van der Waals surface area contributed by atoms with Crippen molar-refractivity contribution in [1.82, 2.24) is 0 Å². The molecule has 0 unspecified atom stereocenters. The van der Waals surface area contributed by atoms with Crippen LogP contribution in [0.5, 0.6) is 0 Å². The molecular weight excluding hydrogens is 983 g/mol. The molecule has 9 aromatic rings. The second kappa shape index (κ2) is 27.4. The number of hydrogen-bond acceptors (Lipinski definition) is 0. The van der Waals surface area contributed by atoms with E-state index in [9.17, 15) is 17.3 Å². The predicted octanol–water partition coefficient (Wildman–Crippen LogP) is 12.1. The maximum Gasteiger partial charge on any atom is 1.00 e. The minimum Gasteiger partial charge on any atom is -0.418 e. The molecule has 0 saturated carbocycles. The molecule has 9 aromatic carbocycles. The Hall–Kier alpha value is -5.00. The number of benzene rings is 9. The molecule has 0 bridgehead atoms. The molecule has 0 heterocycles. The van der Waals surface area contributed by atoms with E-state index in [0.29, 0.717) is 0 Å². The molecule has 9 rings (SSSR count). The zero-order valence-corrected chi connectivity index (χ0v) is 43.4. The van der Waals surface area contributed by atoms with Crippen molar-refractivity contribution in [2.45, 2.75) is 6.92 Å². The van der Waals surface area contributed by atoms with E-state index in [4.69, 9.17) is 0 Å². The van der Waals surface area contributed by atoms with Gasteiger partial charge < -0.3 is 17.3 Å². The topological polar surface area (TPSA) is 0 Å². The van der Waals surface area contributed by atoms with Crippen LogP contribution in [0, 0.1) is 5.41 Å². The van der Waals surface area contributed by atoms with Crippen LogP contribution >= 0.6 is 31.7 Å². The molecule has 0 radical (unpaired) electrons. The van der Waals surface area contributed by atoms with Gasteiger partial charge in [-0.3, -0.25) is 0 Å². The second-order valence-electron chi connectivity index (χ2n) is 16.9. The molecule has 0 nitrogen and oxygen atoms in total. The van der Waals surface area contributed by atoms with Crippen LogP contribution in [0.2, 0.25) is 0 Å². The van der Waals surface area contributed by atoms with E-state index >= 15 is 0 Å². The minimum atomic E-state index is -6.00. The van der Waals surface area contributed by atoms with Crippen LogP contribution in [0.1, 0.15) is 6.92 Å². The maximum absolute atomic E-state index is 9.75. The van der Waals surface area contributed by atoms with E-state index in [1.54, 1.807) is 0 Å². The van der Waals surface area contributed by atoms with Gasteiger partial charge in [0.1, 0.15) is 15.9 Å². The molecule has 0 N–H and O–H groups in total. The van der Waals surface area contributed by atoms with E-state index in [2.05, 4.69) is 280 Å². The third kappa shape index (κ3) is 16.8. The zero-order valence-electron chi connectivity index (χ0n) is 38.5. The van der Waals surface area contributed by atoms with Gasteiger partial charge in [0, 0.05) is 0 Å². The Morgan fingerprint density at radius 2 is 0.406 bits per heavy atom. The van der Waals surface area contributed by atoms with Crippen molar-refractivity contribution in [3.05, 3.63) is 273 Å². The van der Waals surface area contributed by atoms with Crippen LogP contribution in [0.25, 0.3) is 0 Å². The maximum atomic E-state index is 9.75. The van der Waals surface area contributed by atoms with Crippen LogP contribution < -0.4 is 47.7 Å². The van der Waals surface area contributed by atoms with E-state index in [-0.39, 0.29) is 22.5 Å². The van der Waals surface area contributed by atoms with Crippen molar-refractivity contribution in [2.24, 2.45) is 5.41 Å². The molecule has 0 aromatic heterocycles. The van der Waals surface area contributed by atoms with E-state index in [0.717, 1.165) is 0 Å². The fourth-order valence-corrected chi connectivity index (χ4v) is 21.2. The van der Waals surface area contributed by atoms with Crippen LogP contribution in [0.4, 0.5) is 17.3 Å². The summed E-state index contributed by atoms with van der Waals surface area (Å²) in [6, 6.07) is 101. The van der Waals surface area contributed by atoms with Gasteiger partial charge in [0.2, 0.25) is 0 Å². The van der Waals surface area contributed by atoms with Gasteiger partial charge in [0.25, 0.3) is 0 Å². The summed E-state index contributed by atoms with van der Waals surface area (Å²) < 4.78 is 39.0. The number of rotatable bonds is 15. The minimum absolute atomic E-state index is 0. The summed E-state index contributed by atoms with van der Waals surface area (Å²) in [6.45, 7) is 2.64. The summed E-state index contributed by atoms with van der Waals surface area (Å²) in [4.78, 5) is 0. The fraction of sp³-hybridized carbons (Fsp3) is 0.0847. The summed E-state index contributed by atoms with van der Waals surface area (Å²) in [6.07, 6.45) is 3.61. The molecule has 0 aliphatic rings. The third-order valence-corrected chi connectivity index (χ3v) is 24.3. The van der Waals surface area contributed by atoms with Crippen LogP contribution in [-0.4, -0.2) is 25.7 Å². The smallest absolute Gasteiger partial charge is 0.418 e. The Kier molecular flexibility index (Phi) is 21.2. The first-order chi connectivity index (χ1) is 33.1. The van der Waals surface area contributed by atoms with Crippen LogP contribution in [0.15, 0.2) is 273 Å². The summed E-state index contributed by atoms with van der Waals surface area (Å²) in [5, 5.41) is 13.4. The molecule has 0 aliphatic heterocycles. The molecule has 69 heavy (non-hydrogen) atoms. The summed E-state index contributed by atoms with van der Waals surface area (Å²) in [5.74, 6) is 0. The van der Waals surface area contributed by atoms with Gasteiger partial charge in [-0.25, -0.2) is 0 Å². The summed E-state index contributed by atoms with van der Waals surface area (Å²) in [7, 11) is -10.00. The van der Waals surface area contributed by atoms with E-state index < -0.39 is 38.9 Å². The molecule has 0 saturated heterocycles. The van der Waals surface area contributed by atoms with Crippen molar-refractivity contribution < 1.29 is 34.3 Å². The molecule has 0 spiro atoms. The average molecular weight is 1040 g/mol. The number of halogens is 4. The van der Waals surface area contributed by atoms with Gasteiger partial charge >= 0.3 is 24.3 Å². The predicted molar refractivity (Wildman–Crippen MR) is 301 cm³/mol. The molecule has 0 atom stereocenters. The fourth-order valence-electron chi connectivity index (χ4n) is 8.73. The first-order valence-corrected chi connectivity index (χ1v) is 29.6. The third-order valence-electron chi connectivity index (χ3n) is 11.7. The largest absolute Gasteiger partial charge is 1.00 e. The number of hydrogen-bond donors (Lipinski definition) is 0. The Morgan fingerprint density at radius 3 is 0.551 bits per heavy atom. The van der Waals surface area contributed by atoms with Crippen molar-refractivity contribution in [3.8, 4) is 0 Å². The molecular formula is C59H58BCuF4P4+4. The molecule has 0 amide bonds. The van der Waals surface area contributed by atoms with Crippen molar-refractivity contribution >= 4 is 86.7 Å². The molecule has 0 aliphatic carbocycles. The van der Waals surface area contributed by atoms with Crippen LogP contribution in [0.3, 0.4) is 0 Å². The first kappa shape index (κ1) is 53.4. The van der Waals surface area contributed by atoms with Gasteiger partial charge in [0.05, 0.1) is 87.4 Å². The van der Waals surface area contributed by atoms with Crippen molar-refractivity contribution in [3.63, 3.8) is 0 Å². The average Bonchev–Trinajstić information content (AvgIpc) is 3.39. The summed E-state index contributed by atoms with van der Waals surface area (Å²) >= 11 is 0. The first-order valence-electron chi connectivity index (χ1n) is 22.9. The van der Waals surface area contributed by atoms with Gasteiger partial charge in [-0.2, -0.15) is 0 Å². The Morgan fingerprint density at radius 1 is 0.275 bits per heavy atom. The summed E-state index contributed by atoms with van der Waals surface area (Å²) in [5.41, 5.74) is 0.125. The normalized spacial score (nSPS) is 11.3. The van der Waals surface area contributed by atoms with Crippen LogP contribution in [-0.2, 0) is 17.1 Å². The van der Waals surface area contributed by atoms with Gasteiger partial charge in [-0.1, -0.05) is 164 Å². The second-order valence-corrected chi connectivity index (χ2v) is 26.8. The Bertz CT molecular complexity index is 2350. The van der Waals surface area contributed by atoms with Gasteiger partial charge in [-0.15, -0.1) is 0 Å². The van der Waals surface area contributed by atoms with Gasteiger partial charge in [0.15, 0.2) is 0 Å². The Labute approximate surface area is 422 Å². The quantitative estimate of drug-likeness (QED) is 0.0545. The monoisotopic (exact) mass is 1040 g/mol. The van der Waals surface area contributed by atoms with E-state index in [1.807, 2.05) is 0 Å². The Balaban J connectivity index is 0.000000258.